The third kappa shape index (κ3) is 1.26. The summed E-state index contributed by atoms with van der Waals surface area (Å²) in [5, 5.41) is 11.7. The SMILES string of the molecule is Cc1cc(C)c2cccc(O)c2c1. The van der Waals surface area contributed by atoms with Crippen molar-refractivity contribution < 1.29 is 5.11 Å². The highest BCUT2D eigenvalue weighted by molar-refractivity contribution is 5.91. The van der Waals surface area contributed by atoms with Gasteiger partial charge < -0.3 is 5.11 Å². The number of rotatable bonds is 0. The topological polar surface area (TPSA) is 20.2 Å². The Morgan fingerprint density at radius 1 is 1.00 bits per heavy atom. The minimum absolute atomic E-state index is 0.365. The number of aromatic hydroxyl groups is 1. The van der Waals surface area contributed by atoms with E-state index in [2.05, 4.69) is 13.0 Å². The number of benzene rings is 2. The zero-order chi connectivity index (χ0) is 9.42. The van der Waals surface area contributed by atoms with Crippen molar-refractivity contribution >= 4 is 10.8 Å². The molecule has 66 valence electrons. The Balaban J connectivity index is 2.94. The van der Waals surface area contributed by atoms with E-state index in [1.807, 2.05) is 25.1 Å². The molecule has 1 nitrogen and oxygen atoms in total. The van der Waals surface area contributed by atoms with Crippen LogP contribution >= 0.6 is 0 Å². The van der Waals surface area contributed by atoms with Gasteiger partial charge in [0.15, 0.2) is 0 Å². The van der Waals surface area contributed by atoms with Crippen LogP contribution in [0.25, 0.3) is 10.8 Å². The van der Waals surface area contributed by atoms with E-state index in [0.29, 0.717) is 5.75 Å². The van der Waals surface area contributed by atoms with E-state index in [9.17, 15) is 5.11 Å². The first-order valence-corrected chi connectivity index (χ1v) is 4.37. The summed E-state index contributed by atoms with van der Waals surface area (Å²) in [6, 6.07) is 9.77. The van der Waals surface area contributed by atoms with Crippen molar-refractivity contribution in [3.63, 3.8) is 0 Å². The highest BCUT2D eigenvalue weighted by Crippen LogP contribution is 2.27. The van der Waals surface area contributed by atoms with Gasteiger partial charge in [0.25, 0.3) is 0 Å². The quantitative estimate of drug-likeness (QED) is 0.647. The molecule has 0 aliphatic carbocycles. The van der Waals surface area contributed by atoms with Crippen LogP contribution < -0.4 is 0 Å². The maximum Gasteiger partial charge on any atom is 0.123 e. The molecule has 0 aliphatic rings. The largest absolute Gasteiger partial charge is 0.507 e. The van der Waals surface area contributed by atoms with Gasteiger partial charge in [-0.25, -0.2) is 0 Å². The molecule has 2 aromatic carbocycles. The van der Waals surface area contributed by atoms with Crippen molar-refractivity contribution in [2.45, 2.75) is 13.8 Å². The Labute approximate surface area is 77.6 Å². The smallest absolute Gasteiger partial charge is 0.123 e. The summed E-state index contributed by atoms with van der Waals surface area (Å²) in [6.45, 7) is 4.10. The van der Waals surface area contributed by atoms with Gasteiger partial charge in [0.05, 0.1) is 0 Å². The molecular formula is C12H12O. The summed E-state index contributed by atoms with van der Waals surface area (Å²) >= 11 is 0. The number of hydrogen-bond acceptors (Lipinski definition) is 1. The zero-order valence-electron chi connectivity index (χ0n) is 7.83. The van der Waals surface area contributed by atoms with Crippen LogP contribution in [-0.2, 0) is 0 Å². The van der Waals surface area contributed by atoms with E-state index in [1.54, 1.807) is 6.07 Å². The van der Waals surface area contributed by atoms with Gasteiger partial charge in [0.1, 0.15) is 5.75 Å². The Morgan fingerprint density at radius 3 is 2.54 bits per heavy atom. The molecule has 0 saturated carbocycles. The first-order chi connectivity index (χ1) is 6.18. The lowest BCUT2D eigenvalue weighted by Gasteiger charge is -2.05. The number of aryl methyl sites for hydroxylation is 2. The van der Waals surface area contributed by atoms with Gasteiger partial charge in [-0.1, -0.05) is 23.8 Å². The summed E-state index contributed by atoms with van der Waals surface area (Å²) in [5.74, 6) is 0.365. The summed E-state index contributed by atoms with van der Waals surface area (Å²) in [7, 11) is 0. The Kier molecular flexibility index (Phi) is 1.73. The highest BCUT2D eigenvalue weighted by Gasteiger charge is 2.01. The van der Waals surface area contributed by atoms with Crippen molar-refractivity contribution in [1.82, 2.24) is 0 Å². The molecule has 1 N–H and O–H groups in total. The van der Waals surface area contributed by atoms with E-state index in [4.69, 9.17) is 0 Å². The number of hydrogen-bond donors (Lipinski definition) is 1. The Hall–Kier alpha value is -1.50. The molecule has 2 rings (SSSR count). The third-order valence-electron chi connectivity index (χ3n) is 2.32. The third-order valence-corrected chi connectivity index (χ3v) is 2.32. The van der Waals surface area contributed by atoms with Gasteiger partial charge in [0, 0.05) is 5.39 Å². The van der Waals surface area contributed by atoms with Crippen LogP contribution in [0.1, 0.15) is 11.1 Å². The van der Waals surface area contributed by atoms with Gasteiger partial charge in [-0.15, -0.1) is 0 Å². The molecule has 0 unspecified atom stereocenters. The molecule has 0 spiro atoms. The molecule has 0 fully saturated rings. The summed E-state index contributed by atoms with van der Waals surface area (Å²) in [5.41, 5.74) is 2.40. The lowest BCUT2D eigenvalue weighted by molar-refractivity contribution is 0.481. The van der Waals surface area contributed by atoms with Gasteiger partial charge in [-0.2, -0.15) is 0 Å². The first-order valence-electron chi connectivity index (χ1n) is 4.37. The number of phenolic OH excluding ortho intramolecular Hbond substituents is 1. The highest BCUT2D eigenvalue weighted by atomic mass is 16.3. The van der Waals surface area contributed by atoms with Gasteiger partial charge >= 0.3 is 0 Å². The van der Waals surface area contributed by atoms with Crippen molar-refractivity contribution in [1.29, 1.82) is 0 Å². The maximum absolute atomic E-state index is 9.62. The van der Waals surface area contributed by atoms with E-state index < -0.39 is 0 Å². The molecule has 13 heavy (non-hydrogen) atoms. The van der Waals surface area contributed by atoms with Crippen LogP contribution in [0, 0.1) is 13.8 Å². The predicted octanol–water partition coefficient (Wildman–Crippen LogP) is 3.16. The lowest BCUT2D eigenvalue weighted by atomic mass is 10.0. The average Bonchev–Trinajstić information content (AvgIpc) is 2.07. The molecule has 0 aromatic heterocycles. The molecule has 0 saturated heterocycles. The Bertz CT molecular complexity index is 458. The second kappa shape index (κ2) is 2.77. The molecule has 2 aromatic rings. The van der Waals surface area contributed by atoms with Crippen molar-refractivity contribution in [3.8, 4) is 5.75 Å². The van der Waals surface area contributed by atoms with E-state index in [-0.39, 0.29) is 0 Å². The number of fused-ring (bicyclic) bond motifs is 1. The summed E-state index contributed by atoms with van der Waals surface area (Å²) in [4.78, 5) is 0. The van der Waals surface area contributed by atoms with E-state index >= 15 is 0 Å². The molecule has 0 bridgehead atoms. The molecule has 0 atom stereocenters. The zero-order valence-corrected chi connectivity index (χ0v) is 7.83. The molecular weight excluding hydrogens is 160 g/mol. The van der Waals surface area contributed by atoms with Crippen LogP contribution in [0.15, 0.2) is 30.3 Å². The molecule has 0 radical (unpaired) electrons. The maximum atomic E-state index is 9.62. The van der Waals surface area contributed by atoms with Gasteiger partial charge in [-0.05, 0) is 36.9 Å². The van der Waals surface area contributed by atoms with E-state index in [1.165, 1.54) is 11.1 Å². The van der Waals surface area contributed by atoms with E-state index in [0.717, 1.165) is 10.8 Å². The fourth-order valence-corrected chi connectivity index (χ4v) is 1.74. The van der Waals surface area contributed by atoms with Crippen molar-refractivity contribution in [2.75, 3.05) is 0 Å². The molecule has 0 aliphatic heterocycles. The predicted molar refractivity (Wildman–Crippen MR) is 55.1 cm³/mol. The first kappa shape index (κ1) is 8.11. The number of phenols is 1. The van der Waals surface area contributed by atoms with Crippen LogP contribution in [0.4, 0.5) is 0 Å². The van der Waals surface area contributed by atoms with Crippen molar-refractivity contribution in [3.05, 3.63) is 41.5 Å². The normalized spacial score (nSPS) is 10.6. The minimum Gasteiger partial charge on any atom is -0.507 e. The molecule has 1 heteroatoms. The van der Waals surface area contributed by atoms with Crippen LogP contribution in [-0.4, -0.2) is 5.11 Å². The van der Waals surface area contributed by atoms with Gasteiger partial charge in [0.2, 0.25) is 0 Å². The van der Waals surface area contributed by atoms with Crippen LogP contribution in [0.3, 0.4) is 0 Å². The van der Waals surface area contributed by atoms with Crippen molar-refractivity contribution in [2.24, 2.45) is 0 Å². The van der Waals surface area contributed by atoms with Gasteiger partial charge in [-0.3, -0.25) is 0 Å². The monoisotopic (exact) mass is 172 g/mol. The second-order valence-corrected chi connectivity index (χ2v) is 3.45. The fraction of sp³-hybridized carbons (Fsp3) is 0.167. The Morgan fingerprint density at radius 2 is 1.77 bits per heavy atom. The molecule has 0 heterocycles. The summed E-state index contributed by atoms with van der Waals surface area (Å²) < 4.78 is 0. The molecule has 0 amide bonds. The fourth-order valence-electron chi connectivity index (χ4n) is 1.74. The summed E-state index contributed by atoms with van der Waals surface area (Å²) in [6.07, 6.45) is 0. The van der Waals surface area contributed by atoms with Crippen LogP contribution in [0.5, 0.6) is 5.75 Å². The van der Waals surface area contributed by atoms with Crippen LogP contribution in [0.2, 0.25) is 0 Å². The second-order valence-electron chi connectivity index (χ2n) is 3.45. The lowest BCUT2D eigenvalue weighted by Crippen LogP contribution is -1.81. The average molecular weight is 172 g/mol. The minimum atomic E-state index is 0.365. The standard InChI is InChI=1S/C12H12O/c1-8-6-9(2)10-4-3-5-12(13)11(10)7-8/h3-7,13H,1-2H3.